The molecule has 0 atom stereocenters. The molecule has 0 fully saturated rings. The Morgan fingerprint density at radius 1 is 1.38 bits per heavy atom. The van der Waals surface area contributed by atoms with Gasteiger partial charge in [-0.25, -0.2) is 0 Å². The van der Waals surface area contributed by atoms with Crippen LogP contribution in [0.3, 0.4) is 0 Å². The molecule has 0 aromatic rings. The molecule has 0 saturated carbocycles. The van der Waals surface area contributed by atoms with Crippen molar-refractivity contribution in [3.05, 3.63) is 0 Å². The minimum Gasteiger partial charge on any atom is -0.360 e. The van der Waals surface area contributed by atoms with E-state index in [9.17, 15) is 9.59 Å². The van der Waals surface area contributed by atoms with E-state index in [1.807, 2.05) is 0 Å². The third-order valence-electron chi connectivity index (χ3n) is 0.189. The van der Waals surface area contributed by atoms with E-state index < -0.39 is 9.81 Å². The average Bonchev–Trinajstić information content (AvgIpc) is 1.61. The fourth-order valence-electron chi connectivity index (χ4n) is 0.0738. The van der Waals surface area contributed by atoms with E-state index in [1.54, 1.807) is 0 Å². The molecule has 8 heavy (non-hydrogen) atoms. The Hall–Kier alpha value is 0.130. The monoisotopic (exact) mass is 171 g/mol. The molecule has 3 nitrogen and oxygen atoms in total. The second-order valence-corrected chi connectivity index (χ2v) is 3.40. The van der Waals surface area contributed by atoms with Crippen LogP contribution in [0.15, 0.2) is 0 Å². The Morgan fingerprint density at radius 2 is 1.88 bits per heavy atom. The zero-order chi connectivity index (χ0) is 6.57. The van der Waals surface area contributed by atoms with E-state index in [0.717, 1.165) is 0 Å². The number of primary amides is 1. The molecular weight excluding hydrogens is 170 g/mol. The van der Waals surface area contributed by atoms with Crippen molar-refractivity contribution in [3.8, 4) is 0 Å². The zero-order valence-corrected chi connectivity index (χ0v) is 5.98. The van der Waals surface area contributed by atoms with Crippen molar-refractivity contribution in [2.24, 2.45) is 5.73 Å². The Morgan fingerprint density at radius 3 is 2.00 bits per heavy atom. The van der Waals surface area contributed by atoms with Gasteiger partial charge >= 0.3 is 0 Å². The smallest absolute Gasteiger partial charge is 0.290 e. The van der Waals surface area contributed by atoms with Crippen LogP contribution >= 0.6 is 33.2 Å². The summed E-state index contributed by atoms with van der Waals surface area (Å²) in [5.41, 5.74) is 4.63. The summed E-state index contributed by atoms with van der Waals surface area (Å²) in [5.74, 6) is 0. The first kappa shape index (κ1) is 8.13. The van der Waals surface area contributed by atoms with Gasteiger partial charge in [0.1, 0.15) is 0 Å². The van der Waals surface area contributed by atoms with Gasteiger partial charge in [0.25, 0.3) is 9.81 Å². The van der Waals surface area contributed by atoms with Crippen LogP contribution in [0.5, 0.6) is 0 Å². The van der Waals surface area contributed by atoms with Crippen LogP contribution in [0.25, 0.3) is 0 Å². The van der Waals surface area contributed by atoms with E-state index in [0.29, 0.717) is 21.6 Å². The number of carbonyl (C=O) groups excluding carboxylic acids is 2. The SMILES string of the molecule is NC(=O)SSC(=O)Cl. The fraction of sp³-hybridized carbons (Fsp3) is 0. The van der Waals surface area contributed by atoms with E-state index in [1.165, 1.54) is 0 Å². The average molecular weight is 172 g/mol. The number of halogens is 1. The summed E-state index contributed by atoms with van der Waals surface area (Å²) in [6.07, 6.45) is 0. The summed E-state index contributed by atoms with van der Waals surface area (Å²) in [6.45, 7) is 0. The minimum absolute atomic E-state index is 0.608. The van der Waals surface area contributed by atoms with Crippen molar-refractivity contribution >= 4 is 43.0 Å². The largest absolute Gasteiger partial charge is 0.360 e. The maximum Gasteiger partial charge on any atom is 0.290 e. The van der Waals surface area contributed by atoms with Crippen LogP contribution in [0.4, 0.5) is 9.59 Å². The number of hydrogen-bond donors (Lipinski definition) is 1. The van der Waals surface area contributed by atoms with E-state index in [4.69, 9.17) is 11.6 Å². The molecule has 0 bridgehead atoms. The molecule has 0 aromatic heterocycles. The maximum atomic E-state index is 9.86. The highest BCUT2D eigenvalue weighted by Gasteiger charge is 2.00. The molecule has 6 heteroatoms. The molecule has 1 amide bonds. The van der Waals surface area contributed by atoms with E-state index >= 15 is 0 Å². The van der Waals surface area contributed by atoms with Gasteiger partial charge in [0, 0.05) is 21.6 Å². The lowest BCUT2D eigenvalue weighted by Gasteiger charge is -1.83. The Kier molecular flexibility index (Phi) is 4.12. The molecule has 46 valence electrons. The summed E-state index contributed by atoms with van der Waals surface area (Å²) < 4.78 is -0.645. The maximum absolute atomic E-state index is 9.86. The molecule has 0 radical (unpaired) electrons. The molecule has 0 aliphatic heterocycles. The van der Waals surface area contributed by atoms with Crippen LogP contribution in [0.2, 0.25) is 0 Å². The van der Waals surface area contributed by atoms with Crippen LogP contribution < -0.4 is 5.73 Å². The molecule has 2 N–H and O–H groups in total. The topological polar surface area (TPSA) is 60.2 Å². The van der Waals surface area contributed by atoms with Gasteiger partial charge in [0.2, 0.25) is 0 Å². The van der Waals surface area contributed by atoms with Crippen LogP contribution in [0, 0.1) is 0 Å². The Bertz CT molecular complexity index is 103. The number of hydrogen-bond acceptors (Lipinski definition) is 4. The summed E-state index contributed by atoms with van der Waals surface area (Å²) in [4.78, 5) is 19.7. The molecule has 0 aromatic carbocycles. The predicted molar refractivity (Wildman–Crippen MR) is 36.0 cm³/mol. The zero-order valence-electron chi connectivity index (χ0n) is 3.59. The molecule has 0 aliphatic rings. The fourth-order valence-corrected chi connectivity index (χ4v) is 0.948. The number of amides is 1. The van der Waals surface area contributed by atoms with E-state index in [2.05, 4.69) is 5.73 Å². The van der Waals surface area contributed by atoms with Gasteiger partial charge in [0.15, 0.2) is 0 Å². The lowest BCUT2D eigenvalue weighted by molar-refractivity contribution is 0.267. The normalized spacial score (nSPS) is 8.62. The van der Waals surface area contributed by atoms with Gasteiger partial charge in [0.05, 0.1) is 0 Å². The lowest BCUT2D eigenvalue weighted by atomic mass is 11.5. The first-order valence-corrected chi connectivity index (χ1v) is 3.99. The molecule has 0 rings (SSSR count). The highest BCUT2D eigenvalue weighted by molar-refractivity contribution is 8.87. The van der Waals surface area contributed by atoms with E-state index in [-0.39, 0.29) is 0 Å². The van der Waals surface area contributed by atoms with Gasteiger partial charge in [-0.15, -0.1) is 0 Å². The van der Waals surface area contributed by atoms with Crippen LogP contribution in [0.1, 0.15) is 0 Å². The second kappa shape index (κ2) is 4.05. The predicted octanol–water partition coefficient (Wildman–Crippen LogP) is 1.81. The summed E-state index contributed by atoms with van der Waals surface area (Å²) in [6, 6.07) is 0. The van der Waals surface area contributed by atoms with Gasteiger partial charge in [-0.3, -0.25) is 9.59 Å². The lowest BCUT2D eigenvalue weighted by Crippen LogP contribution is -1.99. The third-order valence-corrected chi connectivity index (χ3v) is 2.27. The second-order valence-electron chi connectivity index (χ2n) is 0.723. The van der Waals surface area contributed by atoms with Gasteiger partial charge in [-0.2, -0.15) is 0 Å². The first-order valence-electron chi connectivity index (χ1n) is 1.46. The highest BCUT2D eigenvalue weighted by atomic mass is 35.5. The van der Waals surface area contributed by atoms with Gasteiger partial charge in [-0.1, -0.05) is 0 Å². The van der Waals surface area contributed by atoms with Gasteiger partial charge in [-0.05, 0) is 11.6 Å². The minimum atomic E-state index is -0.645. The summed E-state index contributed by atoms with van der Waals surface area (Å²) >= 11 is 4.82. The van der Waals surface area contributed by atoms with Crippen LogP contribution in [-0.4, -0.2) is 9.81 Å². The molecular formula is C2H2ClNO2S2. The Balaban J connectivity index is 3.18. The number of nitrogens with two attached hydrogens (primary N) is 1. The number of rotatable bonds is 0. The number of carbonyl (C=O) groups is 2. The van der Waals surface area contributed by atoms with Gasteiger partial charge < -0.3 is 5.73 Å². The van der Waals surface area contributed by atoms with Crippen molar-refractivity contribution in [2.75, 3.05) is 0 Å². The quantitative estimate of drug-likeness (QED) is 0.446. The van der Waals surface area contributed by atoms with Crippen molar-refractivity contribution in [1.82, 2.24) is 0 Å². The van der Waals surface area contributed by atoms with Crippen molar-refractivity contribution in [1.29, 1.82) is 0 Å². The summed E-state index contributed by atoms with van der Waals surface area (Å²) in [7, 11) is 1.22. The standard InChI is InChI=1S/C2H2ClNO2S2/c3-1(5)7-8-2(4)6/h(H2,4,6). The van der Waals surface area contributed by atoms with Crippen molar-refractivity contribution in [2.45, 2.75) is 0 Å². The third kappa shape index (κ3) is 6.13. The van der Waals surface area contributed by atoms with Crippen molar-refractivity contribution in [3.63, 3.8) is 0 Å². The Labute approximate surface area is 58.7 Å². The molecule has 0 aliphatic carbocycles. The van der Waals surface area contributed by atoms with Crippen molar-refractivity contribution < 1.29 is 9.59 Å². The summed E-state index contributed by atoms with van der Waals surface area (Å²) in [5, 5.41) is -0.621. The molecule has 0 spiro atoms. The molecule has 0 unspecified atom stereocenters. The highest BCUT2D eigenvalue weighted by Crippen LogP contribution is 2.23. The molecule has 0 saturated heterocycles. The molecule has 0 heterocycles. The van der Waals surface area contributed by atoms with Crippen LogP contribution in [-0.2, 0) is 0 Å². The first-order chi connectivity index (χ1) is 3.63.